The number of nitrogens with two attached hydrogens (primary N) is 1. The third-order valence-corrected chi connectivity index (χ3v) is 7.78. The highest BCUT2D eigenvalue weighted by molar-refractivity contribution is 6.32. The van der Waals surface area contributed by atoms with Gasteiger partial charge in [-0.3, -0.25) is 14.3 Å². The summed E-state index contributed by atoms with van der Waals surface area (Å²) in [4.78, 5) is 42.4. The average molecular weight is 558 g/mol. The Labute approximate surface area is 234 Å². The topological polar surface area (TPSA) is 128 Å². The number of pyridine rings is 1. The Hall–Kier alpha value is -4.64. The molecule has 0 bridgehead atoms. The number of anilines is 2. The van der Waals surface area contributed by atoms with Crippen LogP contribution in [0, 0.1) is 6.92 Å². The second kappa shape index (κ2) is 10.2. The van der Waals surface area contributed by atoms with Crippen LogP contribution >= 0.6 is 11.6 Å². The van der Waals surface area contributed by atoms with Crippen LogP contribution in [0.25, 0.3) is 22.6 Å². The van der Waals surface area contributed by atoms with E-state index >= 15 is 0 Å². The normalized spacial score (nSPS) is 14.1. The number of halogens is 1. The highest BCUT2D eigenvalue weighted by atomic mass is 35.5. The summed E-state index contributed by atoms with van der Waals surface area (Å²) >= 11 is 6.34. The fraction of sp³-hybridized carbons (Fsp3) is 0.250. The molecule has 0 aliphatic carbocycles. The van der Waals surface area contributed by atoms with E-state index in [2.05, 4.69) is 20.2 Å². The Bertz CT molecular complexity index is 1800. The van der Waals surface area contributed by atoms with Crippen molar-refractivity contribution in [3.05, 3.63) is 87.8 Å². The van der Waals surface area contributed by atoms with Gasteiger partial charge < -0.3 is 20.4 Å². The molecule has 0 radical (unpaired) electrons. The summed E-state index contributed by atoms with van der Waals surface area (Å²) in [6, 6.07) is 12.8. The lowest BCUT2D eigenvalue weighted by Crippen LogP contribution is -2.46. The van der Waals surface area contributed by atoms with Crippen molar-refractivity contribution in [3.8, 4) is 17.1 Å². The third-order valence-electron chi connectivity index (χ3n) is 7.46. The SMILES string of the molecule is Cc1c(C(=O)NC2CCN(c3nc(-c4ncn5ccccc45)cnc3N)CC2)c(=O)n(-c2ccccc2Cl)n1C. The number of carbonyl (C=O) groups excluding carboxylic acids is 1. The summed E-state index contributed by atoms with van der Waals surface area (Å²) in [7, 11) is 1.74. The standard InChI is InChI=1S/C28H28ClN9O2/c1-17-23(28(40)38(35(17)2)21-8-4-3-7-19(21)29)27(39)33-18-10-13-36(14-11-18)26-25(30)31-15-20(34-26)24-22-9-5-6-12-37(22)16-32-24/h3-9,12,15-16,18H,10-11,13-14H2,1-2H3,(H2,30,31)(H,33,39). The molecule has 40 heavy (non-hydrogen) atoms. The number of aromatic nitrogens is 6. The van der Waals surface area contributed by atoms with Crippen molar-refractivity contribution in [3.63, 3.8) is 0 Å². The smallest absolute Gasteiger partial charge is 0.284 e. The van der Waals surface area contributed by atoms with Gasteiger partial charge in [0, 0.05) is 32.4 Å². The summed E-state index contributed by atoms with van der Waals surface area (Å²) in [5, 5.41) is 3.49. The maximum Gasteiger partial charge on any atom is 0.284 e. The predicted molar refractivity (Wildman–Crippen MR) is 154 cm³/mol. The second-order valence-electron chi connectivity index (χ2n) is 9.84. The van der Waals surface area contributed by atoms with E-state index in [9.17, 15) is 9.59 Å². The second-order valence-corrected chi connectivity index (χ2v) is 10.2. The first kappa shape index (κ1) is 25.6. The van der Waals surface area contributed by atoms with E-state index in [1.54, 1.807) is 55.4 Å². The maximum absolute atomic E-state index is 13.3. The molecule has 11 nitrogen and oxygen atoms in total. The quantitative estimate of drug-likeness (QED) is 0.339. The van der Waals surface area contributed by atoms with Crippen molar-refractivity contribution in [1.82, 2.24) is 34.0 Å². The van der Waals surface area contributed by atoms with Crippen LogP contribution in [0.3, 0.4) is 0 Å². The molecule has 0 atom stereocenters. The molecular weight excluding hydrogens is 530 g/mol. The van der Waals surface area contributed by atoms with Crippen LogP contribution in [0.2, 0.25) is 5.02 Å². The highest BCUT2D eigenvalue weighted by Crippen LogP contribution is 2.28. The van der Waals surface area contributed by atoms with Crippen molar-refractivity contribution < 1.29 is 4.79 Å². The van der Waals surface area contributed by atoms with Crippen molar-refractivity contribution in [2.75, 3.05) is 23.7 Å². The lowest BCUT2D eigenvalue weighted by molar-refractivity contribution is 0.0929. The Kier molecular flexibility index (Phi) is 6.51. The first-order valence-electron chi connectivity index (χ1n) is 13.0. The van der Waals surface area contributed by atoms with Gasteiger partial charge in [0.15, 0.2) is 11.6 Å². The molecule has 1 aromatic carbocycles. The minimum absolute atomic E-state index is 0.106. The summed E-state index contributed by atoms with van der Waals surface area (Å²) in [5.74, 6) is 0.547. The molecule has 1 aliphatic rings. The molecular formula is C28H28ClN9O2. The van der Waals surface area contributed by atoms with Crippen LogP contribution in [0.1, 0.15) is 28.9 Å². The van der Waals surface area contributed by atoms with Gasteiger partial charge in [-0.05, 0) is 44.0 Å². The van der Waals surface area contributed by atoms with Crippen LogP contribution in [0.4, 0.5) is 11.6 Å². The summed E-state index contributed by atoms with van der Waals surface area (Å²) in [6.07, 6.45) is 6.64. The highest BCUT2D eigenvalue weighted by Gasteiger charge is 2.28. The molecule has 12 heteroatoms. The summed E-state index contributed by atoms with van der Waals surface area (Å²) in [6.45, 7) is 2.99. The fourth-order valence-corrected chi connectivity index (χ4v) is 5.45. The van der Waals surface area contributed by atoms with Crippen LogP contribution in [-0.4, -0.2) is 53.8 Å². The Morgan fingerprint density at radius 1 is 1.10 bits per heavy atom. The first-order chi connectivity index (χ1) is 19.3. The number of carbonyl (C=O) groups is 1. The number of benzene rings is 1. The van der Waals surface area contributed by atoms with E-state index in [1.165, 1.54) is 4.68 Å². The number of hydrogen-bond donors (Lipinski definition) is 2. The third kappa shape index (κ3) is 4.37. The van der Waals surface area contributed by atoms with E-state index < -0.39 is 11.5 Å². The van der Waals surface area contributed by atoms with Crippen LogP contribution in [-0.2, 0) is 7.05 Å². The number of imidazole rings is 1. The molecule has 1 fully saturated rings. The molecule has 3 N–H and O–H groups in total. The van der Waals surface area contributed by atoms with Gasteiger partial charge in [0.25, 0.3) is 11.5 Å². The van der Waals surface area contributed by atoms with E-state index in [-0.39, 0.29) is 11.6 Å². The minimum Gasteiger partial charge on any atom is -0.381 e. The predicted octanol–water partition coefficient (Wildman–Crippen LogP) is 3.22. The number of fused-ring (bicyclic) bond motifs is 1. The molecule has 5 aromatic rings. The Morgan fingerprint density at radius 2 is 1.85 bits per heavy atom. The molecule has 4 aromatic heterocycles. The van der Waals surface area contributed by atoms with E-state index in [4.69, 9.17) is 22.3 Å². The summed E-state index contributed by atoms with van der Waals surface area (Å²) in [5.41, 5.74) is 9.32. The first-order valence-corrected chi connectivity index (χ1v) is 13.3. The molecule has 6 rings (SSSR count). The van der Waals surface area contributed by atoms with Crippen molar-refractivity contribution in [2.45, 2.75) is 25.8 Å². The fourth-order valence-electron chi connectivity index (χ4n) is 5.23. The maximum atomic E-state index is 13.3. The van der Waals surface area contributed by atoms with Crippen molar-refractivity contribution >= 4 is 34.7 Å². The molecule has 204 valence electrons. The van der Waals surface area contributed by atoms with E-state index in [0.29, 0.717) is 59.7 Å². The molecule has 1 aliphatic heterocycles. The Balaban J connectivity index is 1.18. The van der Waals surface area contributed by atoms with E-state index in [0.717, 1.165) is 11.2 Å². The molecule has 0 spiro atoms. The van der Waals surface area contributed by atoms with Gasteiger partial charge in [-0.15, -0.1) is 0 Å². The number of amides is 1. The number of nitrogens with zero attached hydrogens (tertiary/aromatic N) is 7. The number of para-hydroxylation sites is 1. The molecule has 1 amide bonds. The lowest BCUT2D eigenvalue weighted by Gasteiger charge is -2.33. The monoisotopic (exact) mass is 557 g/mol. The molecule has 5 heterocycles. The molecule has 0 saturated carbocycles. The number of nitrogen functional groups attached to an aromatic ring is 1. The van der Waals surface area contributed by atoms with Gasteiger partial charge >= 0.3 is 0 Å². The molecule has 0 unspecified atom stereocenters. The van der Waals surface area contributed by atoms with Gasteiger partial charge in [-0.25, -0.2) is 19.6 Å². The van der Waals surface area contributed by atoms with Gasteiger partial charge in [0.1, 0.15) is 23.3 Å². The molecule has 1 saturated heterocycles. The minimum atomic E-state index is -0.408. The van der Waals surface area contributed by atoms with Gasteiger partial charge in [-0.1, -0.05) is 29.8 Å². The number of rotatable bonds is 5. The zero-order chi connectivity index (χ0) is 28.0. The number of piperidine rings is 1. The zero-order valence-corrected chi connectivity index (χ0v) is 22.8. The number of hydrogen-bond acceptors (Lipinski definition) is 7. The lowest BCUT2D eigenvalue weighted by atomic mass is 10.0. The van der Waals surface area contributed by atoms with Gasteiger partial charge in [-0.2, -0.15) is 0 Å². The largest absolute Gasteiger partial charge is 0.381 e. The average Bonchev–Trinajstić information content (AvgIpc) is 3.48. The van der Waals surface area contributed by atoms with Crippen LogP contribution in [0.5, 0.6) is 0 Å². The van der Waals surface area contributed by atoms with Crippen LogP contribution in [0.15, 0.2) is 66.0 Å². The van der Waals surface area contributed by atoms with Crippen molar-refractivity contribution in [1.29, 1.82) is 0 Å². The zero-order valence-electron chi connectivity index (χ0n) is 22.1. The summed E-state index contributed by atoms with van der Waals surface area (Å²) < 4.78 is 5.00. The van der Waals surface area contributed by atoms with Gasteiger partial charge in [0.2, 0.25) is 0 Å². The van der Waals surface area contributed by atoms with Gasteiger partial charge in [0.05, 0.1) is 28.1 Å². The number of nitrogens with one attached hydrogen (secondary N) is 1. The Morgan fingerprint density at radius 3 is 2.62 bits per heavy atom. The van der Waals surface area contributed by atoms with Crippen LogP contribution < -0.4 is 21.5 Å². The van der Waals surface area contributed by atoms with Crippen molar-refractivity contribution in [2.24, 2.45) is 7.05 Å². The van der Waals surface area contributed by atoms with E-state index in [1.807, 2.05) is 28.8 Å².